The lowest BCUT2D eigenvalue weighted by Gasteiger charge is -2.36. The van der Waals surface area contributed by atoms with Gasteiger partial charge in [-0.05, 0) is 40.8 Å². The van der Waals surface area contributed by atoms with Crippen molar-refractivity contribution < 1.29 is 14.7 Å². The van der Waals surface area contributed by atoms with E-state index in [-0.39, 0.29) is 17.9 Å². The van der Waals surface area contributed by atoms with E-state index in [0.29, 0.717) is 19.4 Å². The van der Waals surface area contributed by atoms with Gasteiger partial charge in [-0.15, -0.1) is 0 Å². The monoisotopic (exact) mass is 284 g/mol. The van der Waals surface area contributed by atoms with Crippen LogP contribution in [0.25, 0.3) is 0 Å². The van der Waals surface area contributed by atoms with Crippen LogP contribution in [0, 0.1) is 11.8 Å². The first-order chi connectivity index (χ1) is 9.38. The number of hydrogen-bond donors (Lipinski definition) is 1. The van der Waals surface area contributed by atoms with Gasteiger partial charge in [-0.3, -0.25) is 9.59 Å². The Bertz CT molecular complexity index is 344. The van der Waals surface area contributed by atoms with Crippen molar-refractivity contribution in [2.75, 3.05) is 27.2 Å². The molecule has 5 heteroatoms. The van der Waals surface area contributed by atoms with Gasteiger partial charge in [-0.25, -0.2) is 0 Å². The van der Waals surface area contributed by atoms with E-state index in [1.165, 1.54) is 0 Å². The summed E-state index contributed by atoms with van der Waals surface area (Å²) in [6, 6.07) is 0.110. The van der Waals surface area contributed by atoms with Gasteiger partial charge >= 0.3 is 5.97 Å². The summed E-state index contributed by atoms with van der Waals surface area (Å²) in [6.45, 7) is 5.42. The van der Waals surface area contributed by atoms with Crippen molar-refractivity contribution in [1.29, 1.82) is 0 Å². The molecule has 0 spiro atoms. The van der Waals surface area contributed by atoms with Gasteiger partial charge in [0, 0.05) is 19.1 Å². The van der Waals surface area contributed by atoms with Crippen LogP contribution in [0.2, 0.25) is 0 Å². The summed E-state index contributed by atoms with van der Waals surface area (Å²) in [7, 11) is 3.96. The fraction of sp³-hybridized carbons (Fsp3) is 0.867. The molecule has 0 aromatic heterocycles. The third-order valence-corrected chi connectivity index (χ3v) is 4.19. The van der Waals surface area contributed by atoms with Crippen molar-refractivity contribution in [3.63, 3.8) is 0 Å². The van der Waals surface area contributed by atoms with Crippen LogP contribution >= 0.6 is 0 Å². The Kier molecular flexibility index (Phi) is 6.46. The van der Waals surface area contributed by atoms with Gasteiger partial charge in [-0.1, -0.05) is 12.8 Å². The number of carboxylic acid groups (broad SMARTS) is 1. The topological polar surface area (TPSA) is 60.9 Å². The zero-order valence-electron chi connectivity index (χ0n) is 13.1. The minimum atomic E-state index is -0.820. The maximum absolute atomic E-state index is 12.7. The quantitative estimate of drug-likeness (QED) is 0.806. The van der Waals surface area contributed by atoms with Gasteiger partial charge in [0.25, 0.3) is 0 Å². The molecular weight excluding hydrogens is 256 g/mol. The van der Waals surface area contributed by atoms with Crippen molar-refractivity contribution in [1.82, 2.24) is 9.80 Å². The number of likely N-dealkylation sites (N-methyl/N-ethyl adjacent to an activating group) is 2. The van der Waals surface area contributed by atoms with Gasteiger partial charge in [0.1, 0.15) is 0 Å². The number of amides is 1. The minimum absolute atomic E-state index is 0.0222. The molecule has 1 N–H and O–H groups in total. The normalized spacial score (nSPS) is 24.4. The molecule has 1 amide bonds. The fourth-order valence-electron chi connectivity index (χ4n) is 3.25. The summed E-state index contributed by atoms with van der Waals surface area (Å²) in [5, 5.41) is 9.32. The Labute approximate surface area is 121 Å². The van der Waals surface area contributed by atoms with Crippen molar-refractivity contribution in [2.24, 2.45) is 11.8 Å². The van der Waals surface area contributed by atoms with Crippen LogP contribution in [0.1, 0.15) is 39.5 Å². The molecule has 0 saturated heterocycles. The maximum atomic E-state index is 12.7. The molecule has 1 rings (SSSR count). The van der Waals surface area contributed by atoms with Crippen molar-refractivity contribution in [3.05, 3.63) is 0 Å². The predicted molar refractivity (Wildman–Crippen MR) is 78.5 cm³/mol. The molecule has 0 radical (unpaired) electrons. The number of rotatable bonds is 6. The van der Waals surface area contributed by atoms with Crippen LogP contribution in [0.5, 0.6) is 0 Å². The summed E-state index contributed by atoms with van der Waals surface area (Å²) >= 11 is 0. The van der Waals surface area contributed by atoms with E-state index in [2.05, 4.69) is 4.90 Å². The van der Waals surface area contributed by atoms with E-state index in [4.69, 9.17) is 0 Å². The highest BCUT2D eigenvalue weighted by Gasteiger charge is 2.38. The molecule has 1 saturated carbocycles. The van der Waals surface area contributed by atoms with E-state index in [0.717, 1.165) is 19.4 Å². The Morgan fingerprint density at radius 1 is 1.20 bits per heavy atom. The molecule has 3 atom stereocenters. The Morgan fingerprint density at radius 2 is 1.75 bits per heavy atom. The molecule has 0 bridgehead atoms. The summed E-state index contributed by atoms with van der Waals surface area (Å²) in [5.74, 6) is -1.64. The van der Waals surface area contributed by atoms with Gasteiger partial charge in [0.15, 0.2) is 0 Å². The van der Waals surface area contributed by atoms with Crippen LogP contribution in [-0.2, 0) is 9.59 Å². The molecule has 5 nitrogen and oxygen atoms in total. The lowest BCUT2D eigenvalue weighted by Crippen LogP contribution is -2.49. The zero-order valence-corrected chi connectivity index (χ0v) is 13.1. The molecule has 0 heterocycles. The van der Waals surface area contributed by atoms with Gasteiger partial charge in [-0.2, -0.15) is 0 Å². The third kappa shape index (κ3) is 4.20. The predicted octanol–water partition coefficient (Wildman–Crippen LogP) is 1.68. The lowest BCUT2D eigenvalue weighted by atomic mass is 9.78. The van der Waals surface area contributed by atoms with Gasteiger partial charge in [0.05, 0.1) is 11.8 Å². The second-order valence-electron chi connectivity index (χ2n) is 6.07. The highest BCUT2D eigenvalue weighted by atomic mass is 16.4. The second kappa shape index (κ2) is 7.62. The molecule has 0 aliphatic heterocycles. The number of hydrogen-bond acceptors (Lipinski definition) is 3. The van der Waals surface area contributed by atoms with E-state index in [1.807, 2.05) is 32.8 Å². The zero-order chi connectivity index (χ0) is 15.3. The SMILES string of the molecule is CCN(C(=O)C1CCCCC1C(=O)O)C(C)CN(C)C. The van der Waals surface area contributed by atoms with Gasteiger partial charge in [0.2, 0.25) is 5.91 Å². The highest BCUT2D eigenvalue weighted by Crippen LogP contribution is 2.32. The number of nitrogens with zero attached hydrogens (tertiary/aromatic N) is 2. The number of aliphatic carboxylic acids is 1. The van der Waals surface area contributed by atoms with Crippen LogP contribution in [0.3, 0.4) is 0 Å². The average molecular weight is 284 g/mol. The fourth-order valence-corrected chi connectivity index (χ4v) is 3.25. The van der Waals surface area contributed by atoms with Crippen molar-refractivity contribution in [3.8, 4) is 0 Å². The number of carboxylic acids is 1. The third-order valence-electron chi connectivity index (χ3n) is 4.19. The first-order valence-electron chi connectivity index (χ1n) is 7.56. The van der Waals surface area contributed by atoms with E-state index in [1.54, 1.807) is 0 Å². The average Bonchev–Trinajstić information content (AvgIpc) is 2.38. The maximum Gasteiger partial charge on any atom is 0.307 e. The molecule has 3 unspecified atom stereocenters. The van der Waals surface area contributed by atoms with Crippen LogP contribution < -0.4 is 0 Å². The number of carbonyl (C=O) groups excluding carboxylic acids is 1. The van der Waals surface area contributed by atoms with E-state index in [9.17, 15) is 14.7 Å². The first-order valence-corrected chi connectivity index (χ1v) is 7.56. The smallest absolute Gasteiger partial charge is 0.307 e. The molecule has 20 heavy (non-hydrogen) atoms. The largest absolute Gasteiger partial charge is 0.481 e. The molecular formula is C15H28N2O3. The Hall–Kier alpha value is -1.10. The molecule has 1 aliphatic rings. The highest BCUT2D eigenvalue weighted by molar-refractivity contribution is 5.85. The first kappa shape index (κ1) is 17.0. The minimum Gasteiger partial charge on any atom is -0.481 e. The number of carbonyl (C=O) groups is 2. The summed E-state index contributed by atoms with van der Waals surface area (Å²) in [6.07, 6.45) is 3.21. The van der Waals surface area contributed by atoms with E-state index < -0.39 is 11.9 Å². The standard InChI is InChI=1S/C15H28N2O3/c1-5-17(11(2)10-16(3)4)14(18)12-8-6-7-9-13(12)15(19)20/h11-13H,5-10H2,1-4H3,(H,19,20). The van der Waals surface area contributed by atoms with Crippen molar-refractivity contribution >= 4 is 11.9 Å². The summed E-state index contributed by atoms with van der Waals surface area (Å²) in [5.41, 5.74) is 0. The van der Waals surface area contributed by atoms with Gasteiger partial charge < -0.3 is 14.9 Å². The molecule has 0 aromatic carbocycles. The Morgan fingerprint density at radius 3 is 2.20 bits per heavy atom. The van der Waals surface area contributed by atoms with Crippen molar-refractivity contribution in [2.45, 2.75) is 45.6 Å². The van der Waals surface area contributed by atoms with Crippen LogP contribution in [0.15, 0.2) is 0 Å². The molecule has 0 aromatic rings. The van der Waals surface area contributed by atoms with Crippen LogP contribution in [0.4, 0.5) is 0 Å². The molecule has 1 aliphatic carbocycles. The molecule has 1 fully saturated rings. The second-order valence-corrected chi connectivity index (χ2v) is 6.07. The summed E-state index contributed by atoms with van der Waals surface area (Å²) < 4.78 is 0. The van der Waals surface area contributed by atoms with Crippen LogP contribution in [-0.4, -0.2) is 60.0 Å². The summed E-state index contributed by atoms with van der Waals surface area (Å²) in [4.78, 5) is 28.0. The van der Waals surface area contributed by atoms with E-state index >= 15 is 0 Å². The lowest BCUT2D eigenvalue weighted by molar-refractivity contribution is -0.153. The Balaban J connectivity index is 2.80. The molecule has 116 valence electrons.